The van der Waals surface area contributed by atoms with E-state index in [-0.39, 0.29) is 35.5 Å². The Morgan fingerprint density at radius 3 is 1.48 bits per heavy atom. The summed E-state index contributed by atoms with van der Waals surface area (Å²) >= 11 is 22.0. The first-order valence-electron chi connectivity index (χ1n) is 14.0. The Labute approximate surface area is 391 Å². The number of nitrogens with zero attached hydrogens (tertiary/aromatic N) is 5. The van der Waals surface area contributed by atoms with Crippen molar-refractivity contribution >= 4 is 153 Å². The summed E-state index contributed by atoms with van der Waals surface area (Å²) in [5, 5.41) is 13.8. The molecule has 5 rings (SSSR count). The molecular formula is C32H34Br6ClFIMgN7O3. The monoisotopic (exact) mass is 1240 g/mol. The van der Waals surface area contributed by atoms with Gasteiger partial charge >= 0.3 is 23.1 Å². The minimum Gasteiger partial charge on any atom is -1.00 e. The van der Waals surface area contributed by atoms with Gasteiger partial charge in [-0.15, -0.1) is 5.56 Å². The standard InChI is InChI=1S/C7H6BrNO.C6H5Br2N.C6H5BrIN.C6H7BrN2.C6H5BrN.CH3F.ClH.Mg.H3NO2/c1-5-2-6(8)3-9-7(5)4-10;3*1-4-2-5(7)3-9-6(4)8;1-5-2-6(7)4-8-3-5;1-2;;;2-1-3/h2-4H,1H3;2*2-3H,1H3;2-3H,1H3,(H2,8,9);2,4H,1H3;1H3;1H;;1-3H/q;;;;-1;;;+2;/p-1/i;;;;;1D;;;. The van der Waals surface area contributed by atoms with Crippen LogP contribution >= 0.6 is 118 Å². The molecule has 52 heavy (non-hydrogen) atoms. The van der Waals surface area contributed by atoms with E-state index >= 15 is 0 Å². The quantitative estimate of drug-likeness (QED) is 0.0325. The second kappa shape index (κ2) is 35.1. The Hall–Kier alpha value is -0.304. The zero-order valence-corrected chi connectivity index (χ0v) is 42.1. The van der Waals surface area contributed by atoms with Crippen molar-refractivity contribution in [3.05, 3.63) is 132 Å². The van der Waals surface area contributed by atoms with Crippen LogP contribution in [0.4, 0.5) is 10.2 Å². The number of halogens is 9. The number of carbonyl (C=O) groups is 1. The average molecular weight is 1250 g/mol. The van der Waals surface area contributed by atoms with E-state index in [1.54, 1.807) is 31.0 Å². The third-order valence-electron chi connectivity index (χ3n) is 5.03. The van der Waals surface area contributed by atoms with Crippen LogP contribution in [0.15, 0.2) is 88.3 Å². The van der Waals surface area contributed by atoms with E-state index in [9.17, 15) is 9.18 Å². The van der Waals surface area contributed by atoms with Crippen molar-refractivity contribution in [3.8, 4) is 0 Å². The third kappa shape index (κ3) is 29.0. The number of aryl methyl sites for hydroxylation is 5. The maximum absolute atomic E-state index is 10.3. The number of pyridine rings is 5. The van der Waals surface area contributed by atoms with Crippen LogP contribution in [0.3, 0.4) is 0 Å². The van der Waals surface area contributed by atoms with Crippen molar-refractivity contribution in [2.75, 3.05) is 12.9 Å². The first kappa shape index (κ1) is 56.0. The van der Waals surface area contributed by atoms with Crippen LogP contribution in [-0.4, -0.2) is 71.8 Å². The third-order valence-corrected chi connectivity index (χ3v) is 9.16. The minimum atomic E-state index is -1.00. The predicted molar refractivity (Wildman–Crippen MR) is 232 cm³/mol. The molecule has 0 spiro atoms. The molecule has 5 aromatic heterocycles. The molecule has 0 saturated heterocycles. The molecule has 5 N–H and O–H groups in total. The number of carbonyl (C=O) groups excluding carboxylic acids is 1. The SMILES string of the molecule is Cc1[c-]ncc(Br)c1.Cc1cc(Br)cnc1Br.Cc1cc(Br)cnc1C=O.Cc1cc(Br)cnc1I.Cc1cc(Br)cnc1N.ONO.[2H]CF.[Cl-].[Mg+2]. The summed E-state index contributed by atoms with van der Waals surface area (Å²) < 4.78 is 22.4. The molecule has 0 bridgehead atoms. The van der Waals surface area contributed by atoms with Gasteiger partial charge in [0.05, 0.1) is 8.52 Å². The summed E-state index contributed by atoms with van der Waals surface area (Å²) in [6.45, 7) is 9.77. The molecule has 10 nitrogen and oxygen atoms in total. The number of hydrogen-bond acceptors (Lipinski definition) is 10. The van der Waals surface area contributed by atoms with Crippen molar-refractivity contribution in [1.82, 2.24) is 30.6 Å². The molecular weight excluding hydrogens is 1220 g/mol. The molecule has 0 aliphatic carbocycles. The summed E-state index contributed by atoms with van der Waals surface area (Å²) in [7, 11) is -1.00. The largest absolute Gasteiger partial charge is 2.00 e. The van der Waals surface area contributed by atoms with Crippen molar-refractivity contribution in [2.24, 2.45) is 0 Å². The molecule has 0 aliphatic rings. The van der Waals surface area contributed by atoms with E-state index in [0.717, 1.165) is 64.9 Å². The number of hydrogen-bond donors (Lipinski definition) is 4. The zero-order valence-electron chi connectivity index (χ0n) is 29.3. The Morgan fingerprint density at radius 2 is 1.15 bits per heavy atom. The number of rotatable bonds is 1. The van der Waals surface area contributed by atoms with E-state index in [2.05, 4.69) is 155 Å². The molecule has 20 heteroatoms. The maximum atomic E-state index is 10.3. The van der Waals surface area contributed by atoms with Crippen LogP contribution < -0.4 is 23.8 Å². The first-order chi connectivity index (χ1) is 23.9. The van der Waals surface area contributed by atoms with Crippen LogP contribution in [0.5, 0.6) is 0 Å². The van der Waals surface area contributed by atoms with E-state index in [0.29, 0.717) is 11.5 Å². The van der Waals surface area contributed by atoms with Crippen molar-refractivity contribution in [3.63, 3.8) is 0 Å². The molecule has 280 valence electrons. The van der Waals surface area contributed by atoms with Crippen LogP contribution in [0.1, 0.15) is 39.7 Å². The molecule has 5 aromatic rings. The van der Waals surface area contributed by atoms with Gasteiger partial charge in [-0.25, -0.2) is 15.0 Å². The van der Waals surface area contributed by atoms with Gasteiger partial charge in [-0.3, -0.25) is 24.6 Å². The summed E-state index contributed by atoms with van der Waals surface area (Å²) in [4.78, 5) is 30.0. The van der Waals surface area contributed by atoms with E-state index < -0.39 is 7.15 Å². The van der Waals surface area contributed by atoms with Gasteiger partial charge in [-0.05, 0) is 176 Å². The molecule has 0 saturated carbocycles. The van der Waals surface area contributed by atoms with Crippen LogP contribution in [0.2, 0.25) is 0 Å². The molecule has 5 heterocycles. The van der Waals surface area contributed by atoms with Crippen LogP contribution in [0, 0.1) is 44.5 Å². The van der Waals surface area contributed by atoms with Gasteiger partial charge in [-0.2, -0.15) is 6.07 Å². The van der Waals surface area contributed by atoms with Crippen LogP contribution in [0.25, 0.3) is 0 Å². The van der Waals surface area contributed by atoms with Gasteiger partial charge in [0.15, 0.2) is 6.29 Å². The molecule has 0 radical (unpaired) electrons. The van der Waals surface area contributed by atoms with Crippen molar-refractivity contribution in [2.45, 2.75) is 34.6 Å². The Morgan fingerprint density at radius 1 is 0.750 bits per heavy atom. The van der Waals surface area contributed by atoms with Gasteiger partial charge in [0.1, 0.15) is 19.8 Å². The fourth-order valence-corrected chi connectivity index (χ4v) is 5.49. The number of nitrogens with one attached hydrogen (secondary N) is 1. The van der Waals surface area contributed by atoms with Crippen LogP contribution in [-0.2, 0) is 0 Å². The number of nitrogens with two attached hydrogens (primary N) is 1. The summed E-state index contributed by atoms with van der Waals surface area (Å²) in [5.74, 6) is 0.596. The van der Waals surface area contributed by atoms with Gasteiger partial charge in [0, 0.05) is 42.7 Å². The summed E-state index contributed by atoms with van der Waals surface area (Å²) in [5.41, 5.74) is 12.0. The molecule has 0 unspecified atom stereocenters. The fourth-order valence-electron chi connectivity index (χ4n) is 2.75. The average Bonchev–Trinajstić information content (AvgIpc) is 3.05. The smallest absolute Gasteiger partial charge is 1.00 e. The van der Waals surface area contributed by atoms with Gasteiger partial charge in [0.25, 0.3) is 0 Å². The number of aromatic nitrogens is 5. The summed E-state index contributed by atoms with van der Waals surface area (Å²) in [6, 6.07) is 9.82. The van der Waals surface area contributed by atoms with E-state index in [4.69, 9.17) is 17.5 Å². The predicted octanol–water partition coefficient (Wildman–Crippen LogP) is 7.89. The molecule has 0 aliphatic heterocycles. The topological polar surface area (TPSA) is 160 Å². The molecule has 0 aromatic carbocycles. The first-order valence-corrected chi connectivity index (χ1v) is 19.2. The van der Waals surface area contributed by atoms with Gasteiger partial charge < -0.3 is 23.1 Å². The molecule has 0 fully saturated rings. The number of aldehydes is 1. The van der Waals surface area contributed by atoms with E-state index in [1.807, 2.05) is 58.9 Å². The number of anilines is 1. The van der Waals surface area contributed by atoms with E-state index in [1.165, 1.54) is 5.56 Å². The number of alkyl halides is 1. The Kier molecular flexibility index (Phi) is 37.9. The summed E-state index contributed by atoms with van der Waals surface area (Å²) in [6.07, 6.45) is 12.1. The van der Waals surface area contributed by atoms with Crippen molar-refractivity contribution in [1.29, 1.82) is 0 Å². The molecule has 0 atom stereocenters. The second-order valence-corrected chi connectivity index (χ2v) is 15.4. The minimum absolute atomic E-state index is 0. The Balaban J connectivity index is -0.000000270. The van der Waals surface area contributed by atoms with Gasteiger partial charge in [-0.1, -0.05) is 45.4 Å². The van der Waals surface area contributed by atoms with Crippen molar-refractivity contribution < 1.29 is 33.4 Å². The zero-order chi connectivity index (χ0) is 39.5. The van der Waals surface area contributed by atoms with Gasteiger partial charge in [0.2, 0.25) is 0 Å². The second-order valence-electron chi connectivity index (χ2n) is 9.03. The fraction of sp³-hybridized carbons (Fsp3) is 0.188. The Bertz CT molecular complexity index is 1630. The maximum Gasteiger partial charge on any atom is 2.00 e. The number of nitrogen functional groups attached to an aromatic ring is 1. The normalized spacial score (nSPS) is 8.94. The molecule has 0 amide bonds.